The number of methoxy groups -OCH3 is 1. The van der Waals surface area contributed by atoms with Crippen molar-refractivity contribution in [1.82, 2.24) is 14.5 Å². The van der Waals surface area contributed by atoms with E-state index >= 15 is 0 Å². The number of thioether (sulfide) groups is 1. The molecule has 7 nitrogen and oxygen atoms in total. The lowest BCUT2D eigenvalue weighted by Gasteiger charge is -2.24. The van der Waals surface area contributed by atoms with Crippen LogP contribution >= 0.6 is 11.8 Å². The molecule has 0 unspecified atom stereocenters. The molecule has 0 aliphatic rings. The minimum atomic E-state index is -0.963. The highest BCUT2D eigenvalue weighted by molar-refractivity contribution is 8.00. The zero-order chi connectivity index (χ0) is 33.1. The lowest BCUT2D eigenvalue weighted by Crippen LogP contribution is -2.28. The van der Waals surface area contributed by atoms with Crippen LogP contribution in [0.15, 0.2) is 84.0 Å². The van der Waals surface area contributed by atoms with Gasteiger partial charge >= 0.3 is 5.97 Å². The molecule has 0 atom stereocenters. The molecule has 2 aromatic carbocycles. The topological polar surface area (TPSA) is 86.5 Å². The van der Waals surface area contributed by atoms with E-state index in [4.69, 9.17) is 9.47 Å². The lowest BCUT2D eigenvalue weighted by molar-refractivity contribution is -0.146. The predicted octanol–water partition coefficient (Wildman–Crippen LogP) is 8.84. The second kappa shape index (κ2) is 13.6. The molecule has 3 aromatic heterocycles. The van der Waals surface area contributed by atoms with Crippen LogP contribution in [-0.4, -0.2) is 37.5 Å². The number of carboxylic acids is 1. The van der Waals surface area contributed by atoms with Crippen LogP contribution in [0.1, 0.15) is 64.1 Å². The number of aliphatic carboxylic acids is 1. The molecule has 0 aliphatic heterocycles. The average Bonchev–Trinajstić information content (AvgIpc) is 3.29. The third kappa shape index (κ3) is 7.56. The molecule has 46 heavy (non-hydrogen) atoms. The fourth-order valence-electron chi connectivity index (χ4n) is 5.37. The largest absolute Gasteiger partial charge is 0.487 e. The van der Waals surface area contributed by atoms with Crippen LogP contribution in [0, 0.1) is 5.41 Å². The Hall–Kier alpha value is -4.30. The Morgan fingerprint density at radius 2 is 1.70 bits per heavy atom. The molecule has 8 heteroatoms. The first-order chi connectivity index (χ1) is 21.9. The molecule has 5 rings (SSSR count). The van der Waals surface area contributed by atoms with Gasteiger partial charge in [-0.25, -0.2) is 4.98 Å². The van der Waals surface area contributed by atoms with E-state index in [1.54, 1.807) is 38.9 Å². The van der Waals surface area contributed by atoms with Crippen LogP contribution in [0.3, 0.4) is 0 Å². The minimum absolute atomic E-state index is 0.104. The number of hydrogen-bond donors (Lipinski definition) is 1. The highest BCUT2D eigenvalue weighted by Gasteiger charge is 2.33. The van der Waals surface area contributed by atoms with Crippen molar-refractivity contribution in [2.75, 3.05) is 7.11 Å². The summed E-state index contributed by atoms with van der Waals surface area (Å²) in [6.07, 6.45) is 4.94. The van der Waals surface area contributed by atoms with Crippen LogP contribution in [0.4, 0.5) is 0 Å². The molecule has 0 bridgehead atoms. The third-order valence-electron chi connectivity index (χ3n) is 7.94. The first kappa shape index (κ1) is 33.1. The van der Waals surface area contributed by atoms with E-state index in [9.17, 15) is 9.90 Å². The SMILES string of the molecule is CCc1ccc(COc2ccc3c(c2)c(SC(C)(C)C)c(CC(C)(C)C(=O)O)n3Cc2ccc(-c3cccnc3OC)cc2)nc1. The van der Waals surface area contributed by atoms with E-state index in [0.717, 1.165) is 56.0 Å². The highest BCUT2D eigenvalue weighted by Crippen LogP contribution is 2.44. The summed E-state index contributed by atoms with van der Waals surface area (Å²) >= 11 is 1.77. The van der Waals surface area contributed by atoms with Gasteiger partial charge in [0.2, 0.25) is 5.88 Å². The number of fused-ring (bicyclic) bond motifs is 1. The summed E-state index contributed by atoms with van der Waals surface area (Å²) in [6.45, 7) is 13.2. The molecular formula is C38H43N3O4S. The summed E-state index contributed by atoms with van der Waals surface area (Å²) in [5.41, 5.74) is 6.20. The number of rotatable bonds is 12. The Kier molecular flexibility index (Phi) is 9.77. The summed E-state index contributed by atoms with van der Waals surface area (Å²) in [4.78, 5) is 22.4. The van der Waals surface area contributed by atoms with Gasteiger partial charge in [-0.1, -0.05) is 58.0 Å². The maximum Gasteiger partial charge on any atom is 0.309 e. The molecule has 3 heterocycles. The quantitative estimate of drug-likeness (QED) is 0.137. The normalized spacial score (nSPS) is 12.0. The molecule has 0 radical (unpaired) electrons. The van der Waals surface area contributed by atoms with E-state index in [0.29, 0.717) is 25.5 Å². The number of nitrogens with zero attached hydrogens (tertiary/aromatic N) is 3. The predicted molar refractivity (Wildman–Crippen MR) is 186 cm³/mol. The zero-order valence-corrected chi connectivity index (χ0v) is 28.6. The van der Waals surface area contributed by atoms with Crippen LogP contribution < -0.4 is 9.47 Å². The zero-order valence-electron chi connectivity index (χ0n) is 27.8. The fraction of sp³-hybridized carbons (Fsp3) is 0.342. The molecule has 5 aromatic rings. The Balaban J connectivity index is 1.57. The number of benzene rings is 2. The Morgan fingerprint density at radius 3 is 2.33 bits per heavy atom. The molecule has 0 saturated heterocycles. The van der Waals surface area contributed by atoms with Gasteiger partial charge in [0.25, 0.3) is 0 Å². The molecule has 240 valence electrons. The van der Waals surface area contributed by atoms with Gasteiger partial charge in [-0.05, 0) is 73.4 Å². The second-order valence-electron chi connectivity index (χ2n) is 13.2. The van der Waals surface area contributed by atoms with Gasteiger partial charge in [0.1, 0.15) is 12.4 Å². The third-order valence-corrected chi connectivity index (χ3v) is 9.21. The number of aryl methyl sites for hydroxylation is 1. The van der Waals surface area contributed by atoms with Gasteiger partial charge in [0.15, 0.2) is 0 Å². The Labute approximate surface area is 276 Å². The molecule has 0 spiro atoms. The van der Waals surface area contributed by atoms with E-state index < -0.39 is 11.4 Å². The molecule has 0 amide bonds. The van der Waals surface area contributed by atoms with Crippen LogP contribution in [0.25, 0.3) is 22.0 Å². The van der Waals surface area contributed by atoms with Crippen molar-refractivity contribution in [3.63, 3.8) is 0 Å². The number of ether oxygens (including phenoxy) is 2. The number of carbonyl (C=O) groups is 1. The minimum Gasteiger partial charge on any atom is -0.487 e. The summed E-state index contributed by atoms with van der Waals surface area (Å²) < 4.78 is 13.9. The fourth-order valence-corrected chi connectivity index (χ4v) is 6.55. The maximum atomic E-state index is 12.4. The molecular weight excluding hydrogens is 595 g/mol. The Bertz CT molecular complexity index is 1820. The van der Waals surface area contributed by atoms with Gasteiger partial charge in [0.05, 0.1) is 18.2 Å². The van der Waals surface area contributed by atoms with E-state index in [1.165, 1.54) is 5.56 Å². The van der Waals surface area contributed by atoms with Gasteiger partial charge in [0, 0.05) is 57.2 Å². The monoisotopic (exact) mass is 637 g/mol. The van der Waals surface area contributed by atoms with Crippen molar-refractivity contribution in [1.29, 1.82) is 0 Å². The number of pyridine rings is 2. The smallest absolute Gasteiger partial charge is 0.309 e. The highest BCUT2D eigenvalue weighted by atomic mass is 32.2. The van der Waals surface area contributed by atoms with E-state index in [1.807, 2.05) is 30.5 Å². The van der Waals surface area contributed by atoms with Crippen LogP contribution in [0.5, 0.6) is 11.6 Å². The van der Waals surface area contributed by atoms with Gasteiger partial charge in [-0.3, -0.25) is 9.78 Å². The molecule has 0 saturated carbocycles. The van der Waals surface area contributed by atoms with Gasteiger partial charge in [-0.15, -0.1) is 11.8 Å². The summed E-state index contributed by atoms with van der Waals surface area (Å²) in [5.74, 6) is 0.512. The molecule has 0 fully saturated rings. The van der Waals surface area contributed by atoms with Crippen molar-refractivity contribution in [3.05, 3.63) is 102 Å². The maximum absolute atomic E-state index is 12.4. The Morgan fingerprint density at radius 1 is 0.957 bits per heavy atom. The standard InChI is InChI=1S/C38H43N3O4S/c1-8-25-13-16-28(40-22-25)24-45-29-17-18-32-31(20-29)34(46-37(2,3)4)33(21-38(5,6)36(42)43)41(32)23-26-11-14-27(15-12-26)30-10-9-19-39-35(30)44-7/h9-20,22H,8,21,23-24H2,1-7H3,(H,42,43). The summed E-state index contributed by atoms with van der Waals surface area (Å²) in [7, 11) is 1.63. The van der Waals surface area contributed by atoms with Crippen molar-refractivity contribution >= 4 is 28.6 Å². The molecule has 1 N–H and O–H groups in total. The van der Waals surface area contributed by atoms with E-state index in [-0.39, 0.29) is 4.75 Å². The van der Waals surface area contributed by atoms with Crippen molar-refractivity contribution in [2.45, 2.75) is 77.2 Å². The summed E-state index contributed by atoms with van der Waals surface area (Å²) in [6, 6.07) is 22.6. The lowest BCUT2D eigenvalue weighted by atomic mass is 9.88. The number of aromatic nitrogens is 3. The van der Waals surface area contributed by atoms with E-state index in [2.05, 4.69) is 84.7 Å². The van der Waals surface area contributed by atoms with Gasteiger partial charge in [-0.2, -0.15) is 0 Å². The first-order valence-corrected chi connectivity index (χ1v) is 16.4. The molecule has 0 aliphatic carbocycles. The number of carboxylic acid groups (broad SMARTS) is 1. The van der Waals surface area contributed by atoms with Gasteiger partial charge < -0.3 is 19.1 Å². The van der Waals surface area contributed by atoms with Crippen molar-refractivity contribution in [3.8, 4) is 22.8 Å². The van der Waals surface area contributed by atoms with Crippen LogP contribution in [0.2, 0.25) is 0 Å². The summed E-state index contributed by atoms with van der Waals surface area (Å²) in [5, 5.41) is 11.2. The van der Waals surface area contributed by atoms with Crippen LogP contribution in [-0.2, 0) is 30.8 Å². The first-order valence-electron chi connectivity index (χ1n) is 15.6. The van der Waals surface area contributed by atoms with Crippen molar-refractivity contribution < 1.29 is 19.4 Å². The average molecular weight is 638 g/mol. The van der Waals surface area contributed by atoms with Crippen molar-refractivity contribution in [2.24, 2.45) is 5.41 Å². The second-order valence-corrected chi connectivity index (χ2v) is 15.0. The number of hydrogen-bond acceptors (Lipinski definition) is 6.